The monoisotopic (exact) mass is 380 g/mol. The molecule has 0 amide bonds. The first-order valence-corrected chi connectivity index (χ1v) is 9.65. The van der Waals surface area contributed by atoms with Crippen LogP contribution in [0.15, 0.2) is 18.5 Å². The maximum atomic E-state index is 8.60. The summed E-state index contributed by atoms with van der Waals surface area (Å²) in [6.45, 7) is 12.1. The number of piperazine rings is 1. The molecule has 1 fully saturated rings. The molecule has 1 aromatic carbocycles. The number of nitrogens with two attached hydrogens (primary N) is 1. The van der Waals surface area contributed by atoms with Gasteiger partial charge in [-0.1, -0.05) is 0 Å². The first kappa shape index (κ1) is 19.9. The number of rotatable bonds is 6. The predicted octanol–water partition coefficient (Wildman–Crippen LogP) is 2.39. The lowest BCUT2D eigenvalue weighted by atomic mass is 10.1. The van der Waals surface area contributed by atoms with Crippen molar-refractivity contribution < 1.29 is 4.74 Å². The van der Waals surface area contributed by atoms with E-state index in [1.165, 1.54) is 6.33 Å². The summed E-state index contributed by atoms with van der Waals surface area (Å²) in [4.78, 5) is 13.4. The number of nitrogen functional groups attached to an aromatic ring is 1. The molecule has 148 valence electrons. The van der Waals surface area contributed by atoms with Crippen LogP contribution in [0.1, 0.15) is 39.0 Å². The average Bonchev–Trinajstić information content (AvgIpc) is 2.68. The van der Waals surface area contributed by atoms with E-state index in [9.17, 15) is 0 Å². The predicted molar refractivity (Wildman–Crippen MR) is 111 cm³/mol. The van der Waals surface area contributed by atoms with Crippen molar-refractivity contribution in [1.29, 1.82) is 5.41 Å². The summed E-state index contributed by atoms with van der Waals surface area (Å²) in [7, 11) is 0. The summed E-state index contributed by atoms with van der Waals surface area (Å²) in [6, 6.07) is 9.84. The average molecular weight is 380 g/mol. The Morgan fingerprint density at radius 1 is 1.11 bits per heavy atom. The lowest BCUT2D eigenvalue weighted by Gasteiger charge is -2.37. The normalized spacial score (nSPS) is 15.0. The van der Waals surface area contributed by atoms with Crippen LogP contribution >= 0.6 is 0 Å². The van der Waals surface area contributed by atoms with Crippen molar-refractivity contribution in [2.75, 3.05) is 36.8 Å². The molecule has 0 atom stereocenters. The van der Waals surface area contributed by atoms with Crippen molar-refractivity contribution in [1.82, 2.24) is 14.9 Å². The van der Waals surface area contributed by atoms with Crippen LogP contribution in [0, 0.1) is 17.5 Å². The molecule has 1 aromatic heterocycles. The highest BCUT2D eigenvalue weighted by Crippen LogP contribution is 2.21. The molecule has 1 aliphatic heterocycles. The van der Waals surface area contributed by atoms with Crippen molar-refractivity contribution in [3.8, 4) is 5.75 Å². The van der Waals surface area contributed by atoms with E-state index in [1.807, 2.05) is 19.9 Å². The van der Waals surface area contributed by atoms with Gasteiger partial charge in [0.25, 0.3) is 0 Å². The molecule has 7 heteroatoms. The minimum Gasteiger partial charge on any atom is -0.483 e. The summed E-state index contributed by atoms with van der Waals surface area (Å²) in [5, 5.41) is 8.60. The number of nitrogens with one attached hydrogen (secondary N) is 1. The fourth-order valence-electron chi connectivity index (χ4n) is 3.23. The van der Waals surface area contributed by atoms with Crippen LogP contribution in [0.2, 0.25) is 0 Å². The first-order valence-electron chi connectivity index (χ1n) is 9.65. The number of ether oxygens (including phenoxy) is 1. The lowest BCUT2D eigenvalue weighted by molar-refractivity contribution is 0.209. The maximum Gasteiger partial charge on any atom is 0.171 e. The Labute approximate surface area is 167 Å². The fourth-order valence-corrected chi connectivity index (χ4v) is 3.23. The zero-order valence-corrected chi connectivity index (χ0v) is 17.0. The minimum atomic E-state index is 0.00506. The van der Waals surface area contributed by atoms with Crippen LogP contribution in [0.4, 0.5) is 11.5 Å². The van der Waals surface area contributed by atoms with Crippen molar-refractivity contribution in [3.63, 3.8) is 0 Å². The zero-order chi connectivity index (χ0) is 20.3. The van der Waals surface area contributed by atoms with Gasteiger partial charge in [0.2, 0.25) is 0 Å². The van der Waals surface area contributed by atoms with E-state index in [0.29, 0.717) is 28.7 Å². The van der Waals surface area contributed by atoms with Gasteiger partial charge >= 0.3 is 0 Å². The van der Waals surface area contributed by atoms with Crippen molar-refractivity contribution in [2.24, 2.45) is 0 Å². The van der Waals surface area contributed by atoms with E-state index in [4.69, 9.17) is 15.9 Å². The van der Waals surface area contributed by atoms with E-state index in [2.05, 4.69) is 45.7 Å². The molecule has 1 saturated heterocycles. The Kier molecular flexibility index (Phi) is 6.00. The van der Waals surface area contributed by atoms with Crippen LogP contribution in [-0.2, 0) is 0 Å². The quantitative estimate of drug-likeness (QED) is 0.748. The van der Waals surface area contributed by atoms with Gasteiger partial charge in [0.15, 0.2) is 5.75 Å². The number of hydrogen-bond donors (Lipinski definition) is 2. The highest BCUT2D eigenvalue weighted by Gasteiger charge is 2.21. The Bertz CT molecular complexity index is 827. The number of anilines is 2. The Morgan fingerprint density at radius 3 is 2.46 bits per heavy atom. The Morgan fingerprint density at radius 2 is 1.82 bits per heavy atom. The summed E-state index contributed by atoms with van der Waals surface area (Å²) >= 11 is 0. The van der Waals surface area contributed by atoms with Crippen molar-refractivity contribution in [2.45, 2.75) is 39.8 Å². The van der Waals surface area contributed by atoms with Gasteiger partial charge < -0.3 is 15.4 Å². The second kappa shape index (κ2) is 8.44. The van der Waals surface area contributed by atoms with Gasteiger partial charge in [0.1, 0.15) is 12.1 Å². The summed E-state index contributed by atoms with van der Waals surface area (Å²) in [5.41, 5.74) is 7.67. The smallest absolute Gasteiger partial charge is 0.171 e. The fraction of sp³-hybridized carbons (Fsp3) is 0.476. The summed E-state index contributed by atoms with van der Waals surface area (Å²) in [6.07, 6.45) is 1.51. The van der Waals surface area contributed by atoms with E-state index < -0.39 is 0 Å². The van der Waals surface area contributed by atoms with Crippen LogP contribution in [0.3, 0.4) is 0 Å². The zero-order valence-electron chi connectivity index (χ0n) is 17.0. The molecule has 0 unspecified atom stereocenters. The van der Waals surface area contributed by atoms with Gasteiger partial charge in [-0.25, -0.2) is 9.97 Å². The molecule has 3 rings (SSSR count). The van der Waals surface area contributed by atoms with Crippen LogP contribution in [-0.4, -0.2) is 58.9 Å². The molecular weight excluding hydrogens is 352 g/mol. The Hall–Kier alpha value is -2.85. The van der Waals surface area contributed by atoms with E-state index in [-0.39, 0.29) is 11.8 Å². The molecule has 1 aliphatic rings. The standard InChI is InChI=1S/C21H28N6O/c1-14(2)26-7-9-27(10-8-26)20-12-19(24-13-25-20)21(23)17-11-16(28-15(3)4)5-6-18(17)22/h11-15,23H,7-10,22H2,1-4H3. The lowest BCUT2D eigenvalue weighted by Crippen LogP contribution is -2.49. The highest BCUT2D eigenvalue weighted by atomic mass is 16.5. The number of aromatic nitrogens is 2. The third-order valence-electron chi connectivity index (χ3n) is 4.80. The van der Waals surface area contributed by atoms with Gasteiger partial charge in [0.05, 0.1) is 23.2 Å². The van der Waals surface area contributed by atoms with Gasteiger partial charge in [-0.05, 0) is 39.8 Å². The summed E-state index contributed by atoms with van der Waals surface area (Å²) < 4.78 is 5.66. The second-order valence-corrected chi connectivity index (χ2v) is 7.51. The molecule has 3 N–H and O–H groups in total. The number of nitrogens with zero attached hydrogens (tertiary/aromatic N) is 4. The number of hydrogen-bond acceptors (Lipinski definition) is 7. The molecule has 0 saturated carbocycles. The topological polar surface area (TPSA) is 91.4 Å². The second-order valence-electron chi connectivity index (χ2n) is 7.51. The largest absolute Gasteiger partial charge is 0.483 e. The molecule has 2 heterocycles. The molecule has 28 heavy (non-hydrogen) atoms. The van der Waals surface area contributed by atoms with Crippen molar-refractivity contribution >= 4 is 17.2 Å². The molecule has 0 aliphatic carbocycles. The van der Waals surface area contributed by atoms with Crippen LogP contribution in [0.25, 0.3) is 0 Å². The van der Waals surface area contributed by atoms with Gasteiger partial charge in [-0.3, -0.25) is 10.3 Å². The van der Waals surface area contributed by atoms with Crippen LogP contribution in [0.5, 0.6) is 5.75 Å². The molecule has 0 bridgehead atoms. The molecule has 2 aromatic rings. The molecule has 7 nitrogen and oxygen atoms in total. The molecule has 0 radical (unpaired) electrons. The summed E-state index contributed by atoms with van der Waals surface area (Å²) in [5.74, 6) is 1.35. The van der Waals surface area contributed by atoms with Gasteiger partial charge in [0, 0.05) is 49.9 Å². The van der Waals surface area contributed by atoms with E-state index >= 15 is 0 Å². The Balaban J connectivity index is 1.80. The van der Waals surface area contributed by atoms with E-state index in [0.717, 1.165) is 32.0 Å². The first-order chi connectivity index (χ1) is 13.3. The van der Waals surface area contributed by atoms with Crippen LogP contribution < -0.4 is 15.4 Å². The SMILES string of the molecule is CC(C)Oc1c#cc(N)c(C(=N)c2cc(N3CCN(C(C)C)CC3)ncn2)c1. The highest BCUT2D eigenvalue weighted by molar-refractivity contribution is 6.12. The van der Waals surface area contributed by atoms with Gasteiger partial charge in [-0.2, -0.15) is 0 Å². The third kappa shape index (κ3) is 4.52. The van der Waals surface area contributed by atoms with Gasteiger partial charge in [-0.15, -0.1) is 0 Å². The minimum absolute atomic E-state index is 0.00506. The maximum absolute atomic E-state index is 8.60. The molecular formula is C21H28N6O. The van der Waals surface area contributed by atoms with Crippen molar-refractivity contribution in [3.05, 3.63) is 41.9 Å². The third-order valence-corrected chi connectivity index (χ3v) is 4.80. The molecule has 0 spiro atoms. The van der Waals surface area contributed by atoms with E-state index in [1.54, 1.807) is 6.07 Å².